The summed E-state index contributed by atoms with van der Waals surface area (Å²) in [5.74, 6) is 1.55. The highest BCUT2D eigenvalue weighted by Crippen LogP contribution is 2.25. The van der Waals surface area contributed by atoms with E-state index in [-0.39, 0.29) is 0 Å². The minimum atomic E-state index is 0.377. The van der Waals surface area contributed by atoms with Crippen molar-refractivity contribution < 1.29 is 14.4 Å². The van der Waals surface area contributed by atoms with Crippen LogP contribution in [0.1, 0.15) is 5.56 Å². The second-order valence-corrected chi connectivity index (χ2v) is 6.31. The van der Waals surface area contributed by atoms with Crippen LogP contribution in [0.2, 0.25) is 5.02 Å². The van der Waals surface area contributed by atoms with E-state index < -0.39 is 0 Å². The van der Waals surface area contributed by atoms with Crippen molar-refractivity contribution in [3.8, 4) is 17.2 Å². The molecule has 128 valence electrons. The molecule has 3 rings (SSSR count). The van der Waals surface area contributed by atoms with E-state index in [2.05, 4.69) is 15.4 Å². The molecule has 0 saturated heterocycles. The molecule has 0 aliphatic heterocycles. The zero-order valence-electron chi connectivity index (χ0n) is 13.2. The van der Waals surface area contributed by atoms with Crippen LogP contribution in [0.25, 0.3) is 11.5 Å². The van der Waals surface area contributed by atoms with Gasteiger partial charge in [-0.1, -0.05) is 40.7 Å². The number of hydrogen-bond acceptors (Lipinski definition) is 7. The highest BCUT2D eigenvalue weighted by Gasteiger charge is 2.12. The van der Waals surface area contributed by atoms with Crippen LogP contribution >= 0.6 is 23.4 Å². The van der Waals surface area contributed by atoms with Gasteiger partial charge in [0.15, 0.2) is 0 Å². The van der Waals surface area contributed by atoms with E-state index >= 15 is 0 Å². The minimum Gasteiger partial charge on any atom is -0.497 e. The SMILES string of the molecule is COc1ccc(-c2nnc(SC/C(=N\O)c3ccc(Cl)cc3)o2)cc1. The molecule has 0 radical (unpaired) electrons. The summed E-state index contributed by atoms with van der Waals surface area (Å²) in [5.41, 5.74) is 2.06. The lowest BCUT2D eigenvalue weighted by Crippen LogP contribution is -2.04. The summed E-state index contributed by atoms with van der Waals surface area (Å²) < 4.78 is 10.8. The summed E-state index contributed by atoms with van der Waals surface area (Å²) in [5, 5.41) is 21.6. The second kappa shape index (κ2) is 8.04. The Hall–Kier alpha value is -2.51. The molecule has 0 aliphatic carbocycles. The standard InChI is InChI=1S/C17H14ClN3O3S/c1-23-14-8-4-12(5-9-14)16-19-20-17(24-16)25-10-15(21-22)11-2-6-13(18)7-3-11/h2-9,22H,10H2,1H3/b21-15+. The van der Waals surface area contributed by atoms with E-state index in [1.54, 1.807) is 31.4 Å². The highest BCUT2D eigenvalue weighted by molar-refractivity contribution is 7.99. The lowest BCUT2D eigenvalue weighted by atomic mass is 10.1. The Morgan fingerprint density at radius 1 is 1.16 bits per heavy atom. The summed E-state index contributed by atoms with van der Waals surface area (Å²) >= 11 is 7.15. The fourth-order valence-corrected chi connectivity index (χ4v) is 2.91. The summed E-state index contributed by atoms with van der Waals surface area (Å²) in [6.07, 6.45) is 0. The maximum absolute atomic E-state index is 9.22. The van der Waals surface area contributed by atoms with Crippen molar-refractivity contribution in [3.05, 3.63) is 59.1 Å². The molecule has 3 aromatic rings. The molecular formula is C17H14ClN3O3S. The minimum absolute atomic E-state index is 0.377. The molecule has 0 bridgehead atoms. The van der Waals surface area contributed by atoms with Crippen molar-refractivity contribution in [2.24, 2.45) is 5.16 Å². The number of aromatic nitrogens is 2. The number of rotatable bonds is 6. The molecule has 0 unspecified atom stereocenters. The average Bonchev–Trinajstić information content (AvgIpc) is 3.12. The van der Waals surface area contributed by atoms with E-state index in [0.717, 1.165) is 16.9 Å². The molecule has 0 spiro atoms. The first-order valence-corrected chi connectivity index (χ1v) is 8.63. The zero-order valence-corrected chi connectivity index (χ0v) is 14.8. The number of ether oxygens (including phenoxy) is 1. The molecule has 0 fully saturated rings. The number of halogens is 1. The van der Waals surface area contributed by atoms with Crippen LogP contribution in [0.15, 0.2) is 63.3 Å². The average molecular weight is 376 g/mol. The van der Waals surface area contributed by atoms with Crippen molar-refractivity contribution >= 4 is 29.1 Å². The first-order chi connectivity index (χ1) is 12.2. The normalized spacial score (nSPS) is 11.5. The highest BCUT2D eigenvalue weighted by atomic mass is 35.5. The number of nitrogens with zero attached hydrogens (tertiary/aromatic N) is 3. The van der Waals surface area contributed by atoms with Gasteiger partial charge in [0.2, 0.25) is 5.89 Å². The third-order valence-electron chi connectivity index (χ3n) is 3.37. The van der Waals surface area contributed by atoms with Crippen molar-refractivity contribution in [3.63, 3.8) is 0 Å². The molecule has 2 aromatic carbocycles. The maximum Gasteiger partial charge on any atom is 0.277 e. The van der Waals surface area contributed by atoms with Gasteiger partial charge in [-0.05, 0) is 36.4 Å². The molecule has 0 saturated carbocycles. The van der Waals surface area contributed by atoms with Gasteiger partial charge >= 0.3 is 0 Å². The van der Waals surface area contributed by atoms with Crippen LogP contribution in [0.3, 0.4) is 0 Å². The van der Waals surface area contributed by atoms with Crippen LogP contribution in [-0.2, 0) is 0 Å². The Balaban J connectivity index is 1.67. The quantitative estimate of drug-likeness (QED) is 0.298. The molecule has 0 aliphatic rings. The van der Waals surface area contributed by atoms with Crippen molar-refractivity contribution in [1.82, 2.24) is 10.2 Å². The number of oxime groups is 1. The van der Waals surface area contributed by atoms with Crippen molar-refractivity contribution in [2.75, 3.05) is 12.9 Å². The Kier molecular flexibility index (Phi) is 5.57. The van der Waals surface area contributed by atoms with Crippen molar-refractivity contribution in [2.45, 2.75) is 5.22 Å². The first kappa shape index (κ1) is 17.3. The van der Waals surface area contributed by atoms with Gasteiger partial charge in [-0.3, -0.25) is 0 Å². The maximum atomic E-state index is 9.22. The van der Waals surface area contributed by atoms with Crippen LogP contribution in [0.5, 0.6) is 5.75 Å². The topological polar surface area (TPSA) is 80.7 Å². The summed E-state index contributed by atoms with van der Waals surface area (Å²) in [4.78, 5) is 0. The lowest BCUT2D eigenvalue weighted by Gasteiger charge is -2.02. The third kappa shape index (κ3) is 4.32. The molecule has 6 nitrogen and oxygen atoms in total. The summed E-state index contributed by atoms with van der Waals surface area (Å²) in [7, 11) is 1.61. The third-order valence-corrected chi connectivity index (χ3v) is 4.46. The van der Waals surface area contributed by atoms with Gasteiger partial charge in [-0.15, -0.1) is 10.2 Å². The lowest BCUT2D eigenvalue weighted by molar-refractivity contribution is 0.319. The van der Waals surface area contributed by atoms with Crippen LogP contribution in [0, 0.1) is 0 Å². The monoisotopic (exact) mass is 375 g/mol. The smallest absolute Gasteiger partial charge is 0.277 e. The number of thioether (sulfide) groups is 1. The van der Waals surface area contributed by atoms with Crippen LogP contribution in [0.4, 0.5) is 0 Å². The van der Waals surface area contributed by atoms with E-state index in [0.29, 0.717) is 27.6 Å². The molecule has 0 amide bonds. The van der Waals surface area contributed by atoms with Crippen LogP contribution < -0.4 is 4.74 Å². The first-order valence-electron chi connectivity index (χ1n) is 7.27. The largest absolute Gasteiger partial charge is 0.497 e. The summed E-state index contributed by atoms with van der Waals surface area (Å²) in [6, 6.07) is 14.4. The second-order valence-electron chi connectivity index (χ2n) is 4.94. The molecular weight excluding hydrogens is 362 g/mol. The van der Waals surface area contributed by atoms with E-state index in [4.69, 9.17) is 20.8 Å². The Labute approximate surface area is 153 Å². The van der Waals surface area contributed by atoms with Gasteiger partial charge in [0.25, 0.3) is 5.22 Å². The Morgan fingerprint density at radius 3 is 2.52 bits per heavy atom. The fourth-order valence-electron chi connectivity index (χ4n) is 2.06. The van der Waals surface area contributed by atoms with Gasteiger partial charge in [0.1, 0.15) is 5.75 Å². The molecule has 1 heterocycles. The molecule has 8 heteroatoms. The van der Waals surface area contributed by atoms with E-state index in [1.165, 1.54) is 11.8 Å². The van der Waals surface area contributed by atoms with Crippen molar-refractivity contribution in [1.29, 1.82) is 0 Å². The van der Waals surface area contributed by atoms with E-state index in [9.17, 15) is 5.21 Å². The zero-order chi connectivity index (χ0) is 17.6. The van der Waals surface area contributed by atoms with Gasteiger partial charge in [0.05, 0.1) is 12.8 Å². The van der Waals surface area contributed by atoms with Gasteiger partial charge in [0, 0.05) is 21.9 Å². The molecule has 1 aromatic heterocycles. The number of hydrogen-bond donors (Lipinski definition) is 1. The Morgan fingerprint density at radius 2 is 1.88 bits per heavy atom. The molecule has 0 atom stereocenters. The molecule has 25 heavy (non-hydrogen) atoms. The predicted molar refractivity (Wildman–Crippen MR) is 96.8 cm³/mol. The number of methoxy groups -OCH3 is 1. The van der Waals surface area contributed by atoms with Gasteiger partial charge < -0.3 is 14.4 Å². The number of benzene rings is 2. The van der Waals surface area contributed by atoms with E-state index in [1.807, 2.05) is 24.3 Å². The van der Waals surface area contributed by atoms with Gasteiger partial charge in [-0.2, -0.15) is 0 Å². The Bertz CT molecular complexity index is 864. The summed E-state index contributed by atoms with van der Waals surface area (Å²) in [6.45, 7) is 0. The fraction of sp³-hybridized carbons (Fsp3) is 0.118. The predicted octanol–water partition coefficient (Wildman–Crippen LogP) is 4.37. The van der Waals surface area contributed by atoms with Crippen LogP contribution in [-0.4, -0.2) is 34.0 Å². The van der Waals surface area contributed by atoms with Gasteiger partial charge in [-0.25, -0.2) is 0 Å². The molecule has 1 N–H and O–H groups in total.